The van der Waals surface area contributed by atoms with Crippen LogP contribution in [0.3, 0.4) is 0 Å². The van der Waals surface area contributed by atoms with E-state index >= 15 is 0 Å². The molecule has 0 fully saturated rings. The Morgan fingerprint density at radius 3 is 2.58 bits per heavy atom. The molecule has 0 saturated heterocycles. The molecule has 1 rings (SSSR count). The van der Waals surface area contributed by atoms with E-state index in [1.165, 1.54) is 16.7 Å². The number of benzene rings is 1. The molecule has 1 heteroatoms. The molecule has 1 nitrogen and oxygen atoms in total. The number of aryl methyl sites for hydroxylation is 2. The molecule has 0 aliphatic rings. The third-order valence-corrected chi connectivity index (χ3v) is 2.27. The summed E-state index contributed by atoms with van der Waals surface area (Å²) in [5, 5.41) is 0. The van der Waals surface area contributed by atoms with Crippen molar-refractivity contribution >= 4 is 0 Å². The van der Waals surface area contributed by atoms with Crippen LogP contribution in [0.1, 0.15) is 36.1 Å². The Bertz CT molecular complexity index is 266. The van der Waals surface area contributed by atoms with E-state index in [0.29, 0.717) is 0 Å². The van der Waals surface area contributed by atoms with Gasteiger partial charge in [-0.25, -0.2) is 0 Å². The Labute approximate surface area is 74.6 Å². The molecule has 0 heterocycles. The lowest BCUT2D eigenvalue weighted by Crippen LogP contribution is -2.10. The first-order valence-electron chi connectivity index (χ1n) is 4.48. The second kappa shape index (κ2) is 3.72. The van der Waals surface area contributed by atoms with Crippen LogP contribution in [0.25, 0.3) is 0 Å². The van der Waals surface area contributed by atoms with Gasteiger partial charge in [-0.15, -0.1) is 0 Å². The third-order valence-electron chi connectivity index (χ3n) is 2.27. The first-order valence-corrected chi connectivity index (χ1v) is 4.48. The Morgan fingerprint density at radius 1 is 1.33 bits per heavy atom. The first kappa shape index (κ1) is 9.27. The van der Waals surface area contributed by atoms with Gasteiger partial charge in [0.25, 0.3) is 0 Å². The highest BCUT2D eigenvalue weighted by Crippen LogP contribution is 2.19. The van der Waals surface area contributed by atoms with Crippen molar-refractivity contribution in [2.24, 2.45) is 5.73 Å². The molecule has 0 unspecified atom stereocenters. The maximum atomic E-state index is 5.96. The summed E-state index contributed by atoms with van der Waals surface area (Å²) in [6, 6.07) is 6.65. The molecule has 0 amide bonds. The summed E-state index contributed by atoms with van der Waals surface area (Å²) in [5.74, 6) is 0. The van der Waals surface area contributed by atoms with E-state index in [9.17, 15) is 0 Å². The number of hydrogen-bond donors (Lipinski definition) is 1. The maximum Gasteiger partial charge on any atom is 0.0294 e. The fourth-order valence-electron chi connectivity index (χ4n) is 1.38. The summed E-state index contributed by atoms with van der Waals surface area (Å²) < 4.78 is 0. The van der Waals surface area contributed by atoms with Crippen molar-refractivity contribution in [3.05, 3.63) is 34.9 Å². The van der Waals surface area contributed by atoms with E-state index in [2.05, 4.69) is 39.0 Å². The van der Waals surface area contributed by atoms with Gasteiger partial charge >= 0.3 is 0 Å². The Hall–Kier alpha value is -0.820. The van der Waals surface area contributed by atoms with Crippen molar-refractivity contribution in [3.8, 4) is 0 Å². The van der Waals surface area contributed by atoms with E-state index < -0.39 is 0 Å². The van der Waals surface area contributed by atoms with Crippen LogP contribution in [0.15, 0.2) is 18.2 Å². The van der Waals surface area contributed by atoms with Crippen molar-refractivity contribution < 1.29 is 0 Å². The third kappa shape index (κ3) is 1.86. The van der Waals surface area contributed by atoms with Crippen molar-refractivity contribution in [2.75, 3.05) is 0 Å². The molecular formula is C11H17N. The Morgan fingerprint density at radius 2 is 2.00 bits per heavy atom. The van der Waals surface area contributed by atoms with Gasteiger partial charge in [-0.05, 0) is 31.4 Å². The summed E-state index contributed by atoms with van der Waals surface area (Å²) in [6.07, 6.45) is 1.00. The van der Waals surface area contributed by atoms with Crippen LogP contribution in [0.5, 0.6) is 0 Å². The van der Waals surface area contributed by atoms with Crippen molar-refractivity contribution in [3.63, 3.8) is 0 Å². The standard InChI is InChI=1S/C11H17N/c1-4-11(12)10-7-8(2)5-6-9(10)3/h5-7,11H,4,12H2,1-3H3/t11-/m1/s1. The van der Waals surface area contributed by atoms with Gasteiger partial charge in [0.1, 0.15) is 0 Å². The molecule has 2 N–H and O–H groups in total. The van der Waals surface area contributed by atoms with E-state index in [-0.39, 0.29) is 6.04 Å². The van der Waals surface area contributed by atoms with E-state index in [0.717, 1.165) is 6.42 Å². The maximum absolute atomic E-state index is 5.96. The number of nitrogens with two attached hydrogens (primary N) is 1. The highest BCUT2D eigenvalue weighted by Gasteiger charge is 2.05. The molecule has 0 spiro atoms. The molecular weight excluding hydrogens is 146 g/mol. The molecule has 0 saturated carbocycles. The minimum Gasteiger partial charge on any atom is -0.324 e. The molecule has 12 heavy (non-hydrogen) atoms. The van der Waals surface area contributed by atoms with Crippen LogP contribution in [0, 0.1) is 13.8 Å². The quantitative estimate of drug-likeness (QED) is 0.712. The van der Waals surface area contributed by atoms with Crippen LogP contribution < -0.4 is 5.73 Å². The minimum absolute atomic E-state index is 0.199. The largest absolute Gasteiger partial charge is 0.324 e. The number of rotatable bonds is 2. The van der Waals surface area contributed by atoms with Crippen molar-refractivity contribution in [1.82, 2.24) is 0 Å². The Balaban J connectivity index is 3.04. The predicted molar refractivity (Wildman–Crippen MR) is 53.1 cm³/mol. The molecule has 0 aliphatic carbocycles. The van der Waals surface area contributed by atoms with Gasteiger partial charge in [0.15, 0.2) is 0 Å². The zero-order chi connectivity index (χ0) is 9.14. The normalized spacial score (nSPS) is 13.0. The van der Waals surface area contributed by atoms with Gasteiger partial charge in [-0.2, -0.15) is 0 Å². The molecule has 1 aromatic carbocycles. The highest BCUT2D eigenvalue weighted by molar-refractivity contribution is 5.32. The summed E-state index contributed by atoms with van der Waals surface area (Å²) in [5.41, 5.74) is 9.85. The molecule has 0 radical (unpaired) electrons. The van der Waals surface area contributed by atoms with E-state index in [1.54, 1.807) is 0 Å². The van der Waals surface area contributed by atoms with Gasteiger partial charge in [0, 0.05) is 6.04 Å². The predicted octanol–water partition coefficient (Wildman–Crippen LogP) is 2.71. The molecule has 0 aromatic heterocycles. The van der Waals surface area contributed by atoms with Crippen molar-refractivity contribution in [2.45, 2.75) is 33.2 Å². The van der Waals surface area contributed by atoms with Crippen LogP contribution in [0.2, 0.25) is 0 Å². The van der Waals surface area contributed by atoms with Crippen LogP contribution in [0.4, 0.5) is 0 Å². The van der Waals surface area contributed by atoms with Crippen LogP contribution >= 0.6 is 0 Å². The van der Waals surface area contributed by atoms with Gasteiger partial charge in [0.05, 0.1) is 0 Å². The number of hydrogen-bond acceptors (Lipinski definition) is 1. The summed E-state index contributed by atoms with van der Waals surface area (Å²) in [4.78, 5) is 0. The molecule has 0 bridgehead atoms. The second-order valence-electron chi connectivity index (χ2n) is 3.37. The average molecular weight is 163 g/mol. The molecule has 0 aliphatic heterocycles. The fourth-order valence-corrected chi connectivity index (χ4v) is 1.38. The van der Waals surface area contributed by atoms with E-state index in [1.807, 2.05) is 0 Å². The van der Waals surface area contributed by atoms with Crippen LogP contribution in [-0.2, 0) is 0 Å². The average Bonchev–Trinajstić information content (AvgIpc) is 2.08. The SMILES string of the molecule is CC[C@@H](N)c1cc(C)ccc1C. The van der Waals surface area contributed by atoms with E-state index in [4.69, 9.17) is 5.73 Å². The molecule has 1 atom stereocenters. The monoisotopic (exact) mass is 163 g/mol. The van der Waals surface area contributed by atoms with Crippen LogP contribution in [-0.4, -0.2) is 0 Å². The van der Waals surface area contributed by atoms with Gasteiger partial charge in [-0.1, -0.05) is 30.7 Å². The van der Waals surface area contributed by atoms with Crippen molar-refractivity contribution in [1.29, 1.82) is 0 Å². The minimum atomic E-state index is 0.199. The first-order chi connectivity index (χ1) is 5.65. The molecule has 1 aromatic rings. The zero-order valence-electron chi connectivity index (χ0n) is 8.09. The lowest BCUT2D eigenvalue weighted by atomic mass is 9.98. The highest BCUT2D eigenvalue weighted by atomic mass is 14.6. The smallest absolute Gasteiger partial charge is 0.0294 e. The lowest BCUT2D eigenvalue weighted by Gasteiger charge is -2.12. The second-order valence-corrected chi connectivity index (χ2v) is 3.37. The topological polar surface area (TPSA) is 26.0 Å². The van der Waals surface area contributed by atoms with Gasteiger partial charge < -0.3 is 5.73 Å². The van der Waals surface area contributed by atoms with Gasteiger partial charge in [0.2, 0.25) is 0 Å². The molecule has 66 valence electrons. The zero-order valence-corrected chi connectivity index (χ0v) is 8.09. The summed E-state index contributed by atoms with van der Waals surface area (Å²) >= 11 is 0. The Kier molecular flexibility index (Phi) is 2.88. The summed E-state index contributed by atoms with van der Waals surface area (Å²) in [6.45, 7) is 6.34. The summed E-state index contributed by atoms with van der Waals surface area (Å²) in [7, 11) is 0. The van der Waals surface area contributed by atoms with Gasteiger partial charge in [-0.3, -0.25) is 0 Å². The lowest BCUT2D eigenvalue weighted by molar-refractivity contribution is 0.693. The fraction of sp³-hybridized carbons (Fsp3) is 0.455.